The first-order valence-electron chi connectivity index (χ1n) is 7.82. The maximum absolute atomic E-state index is 12.4. The summed E-state index contributed by atoms with van der Waals surface area (Å²) in [6.45, 7) is 3.62. The second kappa shape index (κ2) is 5.65. The van der Waals surface area contributed by atoms with E-state index < -0.39 is 11.8 Å². The minimum Gasteiger partial charge on any atom is -0.349 e. The Labute approximate surface area is 135 Å². The summed E-state index contributed by atoms with van der Waals surface area (Å²) in [5.41, 5.74) is 1.37. The molecule has 1 aromatic rings. The van der Waals surface area contributed by atoms with Crippen LogP contribution in [0, 0.1) is 6.92 Å². The molecule has 0 aromatic heterocycles. The smallest absolute Gasteiger partial charge is 0.262 e. The zero-order valence-corrected chi connectivity index (χ0v) is 13.4. The van der Waals surface area contributed by atoms with Gasteiger partial charge in [0.05, 0.1) is 11.1 Å². The second-order valence-corrected chi connectivity index (χ2v) is 6.57. The molecule has 0 radical (unpaired) electrons. The third-order valence-corrected chi connectivity index (χ3v) is 4.47. The van der Waals surface area contributed by atoms with Crippen molar-refractivity contribution in [2.45, 2.75) is 38.6 Å². The second-order valence-electron chi connectivity index (χ2n) is 6.57. The summed E-state index contributed by atoms with van der Waals surface area (Å²) in [5.74, 6) is -1.08. The first-order valence-corrected chi connectivity index (χ1v) is 7.82. The van der Waals surface area contributed by atoms with Crippen molar-refractivity contribution in [3.05, 3.63) is 47.0 Å². The molecule has 0 spiro atoms. The van der Waals surface area contributed by atoms with Gasteiger partial charge in [-0.1, -0.05) is 23.8 Å². The molecule has 23 heavy (non-hydrogen) atoms. The maximum atomic E-state index is 12.4. The Hall–Kier alpha value is -2.43. The van der Waals surface area contributed by atoms with Crippen molar-refractivity contribution >= 4 is 17.7 Å². The average molecular weight is 312 g/mol. The number of nitrogens with one attached hydrogen (secondary N) is 1. The third kappa shape index (κ3) is 2.91. The van der Waals surface area contributed by atoms with Crippen LogP contribution in [0.3, 0.4) is 0 Å². The van der Waals surface area contributed by atoms with E-state index in [0.29, 0.717) is 11.1 Å². The highest BCUT2D eigenvalue weighted by molar-refractivity contribution is 6.22. The van der Waals surface area contributed by atoms with Gasteiger partial charge in [0, 0.05) is 5.54 Å². The fraction of sp³-hybridized carbons (Fsp3) is 0.389. The van der Waals surface area contributed by atoms with Crippen LogP contribution in [0.2, 0.25) is 0 Å². The monoisotopic (exact) mass is 312 g/mol. The van der Waals surface area contributed by atoms with E-state index in [2.05, 4.69) is 17.5 Å². The van der Waals surface area contributed by atoms with Crippen LogP contribution in [-0.4, -0.2) is 34.7 Å². The summed E-state index contributed by atoms with van der Waals surface area (Å²) < 4.78 is 0. The zero-order valence-electron chi connectivity index (χ0n) is 13.4. The predicted octanol–water partition coefficient (Wildman–Crippen LogP) is 2.21. The Balaban J connectivity index is 1.71. The van der Waals surface area contributed by atoms with E-state index in [1.807, 2.05) is 13.8 Å². The third-order valence-electron chi connectivity index (χ3n) is 4.47. The minimum atomic E-state index is -0.395. The lowest BCUT2D eigenvalue weighted by atomic mass is 9.87. The van der Waals surface area contributed by atoms with E-state index in [1.165, 1.54) is 0 Å². The van der Waals surface area contributed by atoms with E-state index >= 15 is 0 Å². The van der Waals surface area contributed by atoms with Crippen molar-refractivity contribution in [3.8, 4) is 0 Å². The summed E-state index contributed by atoms with van der Waals surface area (Å²) in [5, 5.41) is 2.97. The molecule has 3 rings (SSSR count). The van der Waals surface area contributed by atoms with E-state index in [9.17, 15) is 14.4 Å². The number of rotatable bonds is 3. The predicted molar refractivity (Wildman–Crippen MR) is 86.1 cm³/mol. The zero-order chi connectivity index (χ0) is 16.6. The maximum Gasteiger partial charge on any atom is 0.262 e. The Kier molecular flexibility index (Phi) is 3.80. The number of nitrogens with zero attached hydrogens (tertiary/aromatic N) is 1. The summed E-state index contributed by atoms with van der Waals surface area (Å²) in [6, 6.07) is 5.14. The van der Waals surface area contributed by atoms with Gasteiger partial charge in [0.25, 0.3) is 11.8 Å². The van der Waals surface area contributed by atoms with E-state index in [0.717, 1.165) is 29.7 Å². The van der Waals surface area contributed by atoms with Gasteiger partial charge in [-0.05, 0) is 45.2 Å². The largest absolute Gasteiger partial charge is 0.349 e. The Morgan fingerprint density at radius 1 is 1.22 bits per heavy atom. The first kappa shape index (κ1) is 15.5. The quantitative estimate of drug-likeness (QED) is 0.687. The fourth-order valence-corrected chi connectivity index (χ4v) is 3.15. The number of allylic oxidation sites excluding steroid dienone is 1. The lowest BCUT2D eigenvalue weighted by Crippen LogP contribution is -2.50. The number of hydrogen-bond donors (Lipinski definition) is 1. The summed E-state index contributed by atoms with van der Waals surface area (Å²) >= 11 is 0. The van der Waals surface area contributed by atoms with E-state index in [-0.39, 0.29) is 18.0 Å². The number of imide groups is 1. The van der Waals surface area contributed by atoms with Crippen LogP contribution in [0.1, 0.15) is 52.5 Å². The van der Waals surface area contributed by atoms with Crippen molar-refractivity contribution in [2.24, 2.45) is 0 Å². The Bertz CT molecular complexity index is 723. The molecule has 5 nitrogen and oxygen atoms in total. The summed E-state index contributed by atoms with van der Waals surface area (Å²) in [7, 11) is 0. The molecule has 1 atom stereocenters. The van der Waals surface area contributed by atoms with Crippen molar-refractivity contribution in [1.82, 2.24) is 10.2 Å². The van der Waals surface area contributed by atoms with Gasteiger partial charge >= 0.3 is 0 Å². The molecule has 3 amide bonds. The molecule has 0 fully saturated rings. The van der Waals surface area contributed by atoms with Crippen LogP contribution >= 0.6 is 0 Å². The highest BCUT2D eigenvalue weighted by Crippen LogP contribution is 2.25. The van der Waals surface area contributed by atoms with Crippen molar-refractivity contribution in [1.29, 1.82) is 0 Å². The normalized spacial score (nSPS) is 23.1. The van der Waals surface area contributed by atoms with E-state index in [1.54, 1.807) is 18.2 Å². The molecule has 0 saturated carbocycles. The number of amides is 3. The molecular formula is C18H20N2O3. The van der Waals surface area contributed by atoms with Crippen molar-refractivity contribution in [2.75, 3.05) is 6.54 Å². The minimum absolute atomic E-state index is 0.231. The molecule has 1 N–H and O–H groups in total. The molecule has 1 aromatic carbocycles. The fourth-order valence-electron chi connectivity index (χ4n) is 3.15. The van der Waals surface area contributed by atoms with Crippen LogP contribution in [0.15, 0.2) is 30.4 Å². The molecular weight excluding hydrogens is 292 g/mol. The molecule has 1 heterocycles. The highest BCUT2D eigenvalue weighted by atomic mass is 16.2. The Morgan fingerprint density at radius 2 is 1.96 bits per heavy atom. The number of aryl methyl sites for hydroxylation is 1. The number of hydrogen-bond acceptors (Lipinski definition) is 3. The van der Waals surface area contributed by atoms with Crippen molar-refractivity contribution in [3.63, 3.8) is 0 Å². The van der Waals surface area contributed by atoms with Gasteiger partial charge in [-0.2, -0.15) is 0 Å². The van der Waals surface area contributed by atoms with Gasteiger partial charge in [-0.15, -0.1) is 0 Å². The summed E-state index contributed by atoms with van der Waals surface area (Å²) in [6.07, 6.45) is 6.69. The standard InChI is InChI=1S/C18H20N2O3/c1-12-6-7-13-14(10-12)17(23)20(16(13)22)11-15(21)19-18(2)8-4-3-5-9-18/h3-4,6-7,10H,5,8-9,11H2,1-2H3,(H,19,21). The van der Waals surface area contributed by atoms with Crippen LogP contribution in [0.25, 0.3) is 0 Å². The number of benzene rings is 1. The van der Waals surface area contributed by atoms with Gasteiger partial charge in [0.15, 0.2) is 0 Å². The lowest BCUT2D eigenvalue weighted by Gasteiger charge is -2.32. The van der Waals surface area contributed by atoms with Gasteiger partial charge < -0.3 is 5.32 Å². The SMILES string of the molecule is Cc1ccc2c(c1)C(=O)N(CC(=O)NC1(C)CC=CCC1)C2=O. The van der Waals surface area contributed by atoms with Crippen LogP contribution in [-0.2, 0) is 4.79 Å². The van der Waals surface area contributed by atoms with Crippen LogP contribution < -0.4 is 5.32 Å². The molecule has 1 aliphatic heterocycles. The molecule has 2 aliphatic rings. The number of fused-ring (bicyclic) bond motifs is 1. The van der Waals surface area contributed by atoms with Crippen molar-refractivity contribution < 1.29 is 14.4 Å². The average Bonchev–Trinajstić information content (AvgIpc) is 2.72. The Morgan fingerprint density at radius 3 is 2.65 bits per heavy atom. The summed E-state index contributed by atoms with van der Waals surface area (Å²) in [4.78, 5) is 38.1. The molecule has 1 aliphatic carbocycles. The van der Waals surface area contributed by atoms with Gasteiger partial charge in [0.2, 0.25) is 5.91 Å². The first-order chi connectivity index (χ1) is 10.9. The van der Waals surface area contributed by atoms with Gasteiger partial charge in [-0.3, -0.25) is 19.3 Å². The lowest BCUT2D eigenvalue weighted by molar-refractivity contribution is -0.123. The number of carbonyl (C=O) groups is 3. The highest BCUT2D eigenvalue weighted by Gasteiger charge is 2.37. The number of carbonyl (C=O) groups excluding carboxylic acids is 3. The molecule has 0 saturated heterocycles. The molecule has 1 unspecified atom stereocenters. The van der Waals surface area contributed by atoms with Crippen LogP contribution in [0.4, 0.5) is 0 Å². The topological polar surface area (TPSA) is 66.5 Å². The van der Waals surface area contributed by atoms with Gasteiger partial charge in [0.1, 0.15) is 6.54 Å². The van der Waals surface area contributed by atoms with E-state index in [4.69, 9.17) is 0 Å². The molecule has 0 bridgehead atoms. The molecule has 5 heteroatoms. The van der Waals surface area contributed by atoms with Crippen LogP contribution in [0.5, 0.6) is 0 Å². The molecule has 120 valence electrons. The van der Waals surface area contributed by atoms with Gasteiger partial charge in [-0.25, -0.2) is 0 Å².